The number of halogens is 1. The molecule has 0 N–H and O–H groups in total. The molecule has 3 rings (SSSR count). The predicted octanol–water partition coefficient (Wildman–Crippen LogP) is 6.48. The standard InChI is InChI=1S/C24H21F/c1-3-5-18-7-10-20(11-8-18)21-12-14-22(15-13-21)23-16-9-19(6-4-2)17-24(23)25/h7-17H,4,6H2,1-2H3. The Morgan fingerprint density at radius 2 is 1.40 bits per heavy atom. The molecule has 0 radical (unpaired) electrons. The summed E-state index contributed by atoms with van der Waals surface area (Å²) in [7, 11) is 0. The zero-order chi connectivity index (χ0) is 17.6. The monoisotopic (exact) mass is 328 g/mol. The van der Waals surface area contributed by atoms with Crippen molar-refractivity contribution in [1.29, 1.82) is 0 Å². The molecule has 0 aromatic heterocycles. The SMILES string of the molecule is CC#Cc1ccc(-c2ccc(-c3ccc(CCC)cc3F)cc2)cc1. The molecule has 3 aromatic rings. The van der Waals surface area contributed by atoms with Crippen molar-refractivity contribution in [2.24, 2.45) is 0 Å². The second-order valence-electron chi connectivity index (χ2n) is 6.09. The molecule has 0 aliphatic heterocycles. The molecule has 124 valence electrons. The molecule has 0 atom stereocenters. The number of hydrogen-bond acceptors (Lipinski definition) is 0. The van der Waals surface area contributed by atoms with Crippen molar-refractivity contribution < 1.29 is 4.39 Å². The molecule has 0 unspecified atom stereocenters. The largest absolute Gasteiger partial charge is 0.206 e. The van der Waals surface area contributed by atoms with Crippen LogP contribution in [-0.2, 0) is 6.42 Å². The molecule has 0 saturated carbocycles. The fourth-order valence-corrected chi connectivity index (χ4v) is 2.97. The summed E-state index contributed by atoms with van der Waals surface area (Å²) in [6.45, 7) is 3.94. The van der Waals surface area contributed by atoms with Gasteiger partial charge >= 0.3 is 0 Å². The molecule has 0 bridgehead atoms. The van der Waals surface area contributed by atoms with E-state index in [0.29, 0.717) is 5.56 Å². The maximum Gasteiger partial charge on any atom is 0.131 e. The van der Waals surface area contributed by atoms with E-state index in [1.54, 1.807) is 6.07 Å². The van der Waals surface area contributed by atoms with Crippen molar-refractivity contribution in [1.82, 2.24) is 0 Å². The number of benzene rings is 3. The zero-order valence-electron chi connectivity index (χ0n) is 14.6. The topological polar surface area (TPSA) is 0 Å². The number of aryl methyl sites for hydroxylation is 1. The Morgan fingerprint density at radius 3 is 1.96 bits per heavy atom. The van der Waals surface area contributed by atoms with Crippen LogP contribution in [0.4, 0.5) is 4.39 Å². The summed E-state index contributed by atoms with van der Waals surface area (Å²) < 4.78 is 14.4. The Bertz CT molecular complexity index is 907. The quantitative estimate of drug-likeness (QED) is 0.481. The summed E-state index contributed by atoms with van der Waals surface area (Å²) in [6.07, 6.45) is 1.94. The van der Waals surface area contributed by atoms with E-state index >= 15 is 0 Å². The van der Waals surface area contributed by atoms with Gasteiger partial charge in [0.15, 0.2) is 0 Å². The Morgan fingerprint density at radius 1 is 0.800 bits per heavy atom. The van der Waals surface area contributed by atoms with Gasteiger partial charge in [0.1, 0.15) is 5.82 Å². The second-order valence-corrected chi connectivity index (χ2v) is 6.09. The van der Waals surface area contributed by atoms with Crippen molar-refractivity contribution in [2.45, 2.75) is 26.7 Å². The molecule has 0 nitrogen and oxygen atoms in total. The second kappa shape index (κ2) is 7.81. The first kappa shape index (κ1) is 17.0. The predicted molar refractivity (Wildman–Crippen MR) is 104 cm³/mol. The van der Waals surface area contributed by atoms with Gasteiger partial charge in [0.25, 0.3) is 0 Å². The minimum absolute atomic E-state index is 0.152. The van der Waals surface area contributed by atoms with Gasteiger partial charge < -0.3 is 0 Å². The first-order valence-corrected chi connectivity index (χ1v) is 8.63. The van der Waals surface area contributed by atoms with Crippen LogP contribution in [0.5, 0.6) is 0 Å². The van der Waals surface area contributed by atoms with Crippen LogP contribution in [0.15, 0.2) is 66.7 Å². The molecular weight excluding hydrogens is 307 g/mol. The van der Waals surface area contributed by atoms with Crippen LogP contribution in [0.3, 0.4) is 0 Å². The third-order valence-electron chi connectivity index (χ3n) is 4.26. The molecule has 25 heavy (non-hydrogen) atoms. The van der Waals surface area contributed by atoms with Gasteiger partial charge in [-0.15, -0.1) is 5.92 Å². The Hall–Kier alpha value is -2.85. The molecule has 1 heteroatoms. The first-order valence-electron chi connectivity index (χ1n) is 8.63. The summed E-state index contributed by atoms with van der Waals surface area (Å²) >= 11 is 0. The highest BCUT2D eigenvalue weighted by atomic mass is 19.1. The molecule has 0 aliphatic carbocycles. The van der Waals surface area contributed by atoms with Crippen molar-refractivity contribution in [2.75, 3.05) is 0 Å². The van der Waals surface area contributed by atoms with E-state index in [2.05, 4.69) is 30.9 Å². The summed E-state index contributed by atoms with van der Waals surface area (Å²) in [5.41, 5.74) is 5.86. The molecular formula is C24H21F. The van der Waals surface area contributed by atoms with E-state index in [9.17, 15) is 4.39 Å². The lowest BCUT2D eigenvalue weighted by Crippen LogP contribution is -1.89. The van der Waals surface area contributed by atoms with E-state index < -0.39 is 0 Å². The lowest BCUT2D eigenvalue weighted by atomic mass is 9.98. The average molecular weight is 328 g/mol. The maximum atomic E-state index is 14.4. The molecule has 0 aliphatic rings. The lowest BCUT2D eigenvalue weighted by Gasteiger charge is -2.08. The average Bonchev–Trinajstić information content (AvgIpc) is 2.63. The van der Waals surface area contributed by atoms with Crippen molar-refractivity contribution >= 4 is 0 Å². The summed E-state index contributed by atoms with van der Waals surface area (Å²) in [6, 6.07) is 21.8. The highest BCUT2D eigenvalue weighted by Gasteiger charge is 2.07. The van der Waals surface area contributed by atoms with E-state index in [0.717, 1.165) is 40.7 Å². The lowest BCUT2D eigenvalue weighted by molar-refractivity contribution is 0.628. The normalized spacial score (nSPS) is 10.2. The van der Waals surface area contributed by atoms with E-state index in [-0.39, 0.29) is 5.82 Å². The van der Waals surface area contributed by atoms with Gasteiger partial charge in [0.2, 0.25) is 0 Å². The zero-order valence-corrected chi connectivity index (χ0v) is 14.6. The molecule has 0 saturated heterocycles. The van der Waals surface area contributed by atoms with Gasteiger partial charge in [-0.25, -0.2) is 4.39 Å². The van der Waals surface area contributed by atoms with Crippen molar-refractivity contribution in [3.63, 3.8) is 0 Å². The molecule has 0 heterocycles. The van der Waals surface area contributed by atoms with Crippen molar-refractivity contribution in [3.8, 4) is 34.1 Å². The third-order valence-corrected chi connectivity index (χ3v) is 4.26. The highest BCUT2D eigenvalue weighted by molar-refractivity contribution is 5.71. The van der Waals surface area contributed by atoms with Crippen LogP contribution >= 0.6 is 0 Å². The maximum absolute atomic E-state index is 14.4. The Balaban J connectivity index is 1.85. The number of rotatable bonds is 4. The van der Waals surface area contributed by atoms with Gasteiger partial charge in [-0.05, 0) is 53.8 Å². The molecule has 0 fully saturated rings. The van der Waals surface area contributed by atoms with Gasteiger partial charge in [-0.3, -0.25) is 0 Å². The van der Waals surface area contributed by atoms with E-state index in [1.165, 1.54) is 0 Å². The van der Waals surface area contributed by atoms with E-state index in [4.69, 9.17) is 0 Å². The van der Waals surface area contributed by atoms with Crippen LogP contribution in [0, 0.1) is 17.7 Å². The minimum atomic E-state index is -0.152. The third kappa shape index (κ3) is 3.98. The van der Waals surface area contributed by atoms with Crippen LogP contribution in [-0.4, -0.2) is 0 Å². The van der Waals surface area contributed by atoms with Gasteiger partial charge in [-0.2, -0.15) is 0 Å². The summed E-state index contributed by atoms with van der Waals surface area (Å²) in [5, 5.41) is 0. The fraction of sp³-hybridized carbons (Fsp3) is 0.167. The fourth-order valence-electron chi connectivity index (χ4n) is 2.97. The smallest absolute Gasteiger partial charge is 0.131 e. The Kier molecular flexibility index (Phi) is 5.31. The highest BCUT2D eigenvalue weighted by Crippen LogP contribution is 2.27. The Labute approximate surface area is 149 Å². The number of hydrogen-bond donors (Lipinski definition) is 0. The van der Waals surface area contributed by atoms with Gasteiger partial charge in [0.05, 0.1) is 0 Å². The summed E-state index contributed by atoms with van der Waals surface area (Å²) in [5.74, 6) is 5.79. The summed E-state index contributed by atoms with van der Waals surface area (Å²) in [4.78, 5) is 0. The molecule has 0 amide bonds. The van der Waals surface area contributed by atoms with Crippen molar-refractivity contribution in [3.05, 3.63) is 83.7 Å². The molecule has 0 spiro atoms. The first-order chi connectivity index (χ1) is 12.2. The van der Waals surface area contributed by atoms with Crippen LogP contribution in [0.25, 0.3) is 22.3 Å². The molecule has 3 aromatic carbocycles. The van der Waals surface area contributed by atoms with E-state index in [1.807, 2.05) is 55.5 Å². The van der Waals surface area contributed by atoms with Crippen LogP contribution < -0.4 is 0 Å². The van der Waals surface area contributed by atoms with Gasteiger partial charge in [-0.1, -0.05) is 67.8 Å². The van der Waals surface area contributed by atoms with Crippen LogP contribution in [0.2, 0.25) is 0 Å². The van der Waals surface area contributed by atoms with Crippen LogP contribution in [0.1, 0.15) is 31.4 Å². The van der Waals surface area contributed by atoms with Gasteiger partial charge in [0, 0.05) is 11.1 Å². The minimum Gasteiger partial charge on any atom is -0.206 e.